The summed E-state index contributed by atoms with van der Waals surface area (Å²) in [7, 11) is 0. The third-order valence-corrected chi connectivity index (χ3v) is 3.39. The minimum absolute atomic E-state index is 0.672. The van der Waals surface area contributed by atoms with Crippen LogP contribution in [0.15, 0.2) is 30.3 Å². The van der Waals surface area contributed by atoms with E-state index in [0.29, 0.717) is 5.02 Å². The van der Waals surface area contributed by atoms with Crippen molar-refractivity contribution in [3.05, 3.63) is 41.2 Å². The van der Waals surface area contributed by atoms with E-state index < -0.39 is 0 Å². The molecule has 4 nitrogen and oxygen atoms in total. The molecule has 0 aliphatic rings. The molecular weight excluding hydrogens is 284 g/mol. The second kappa shape index (κ2) is 7.84. The average Bonchev–Trinajstić information content (AvgIpc) is 2.46. The van der Waals surface area contributed by atoms with E-state index in [1.54, 1.807) is 0 Å². The zero-order valence-electron chi connectivity index (χ0n) is 12.5. The molecule has 0 bridgehead atoms. The van der Waals surface area contributed by atoms with E-state index in [0.717, 1.165) is 36.1 Å². The topological polar surface area (TPSA) is 49.8 Å². The Labute approximate surface area is 131 Å². The molecule has 112 valence electrons. The molecule has 0 atom stereocenters. The van der Waals surface area contributed by atoms with Crippen molar-refractivity contribution in [2.24, 2.45) is 0 Å². The number of benzene rings is 1. The number of nitrogens with one attached hydrogen (secondary N) is 2. The number of aromatic nitrogens is 2. The van der Waals surface area contributed by atoms with Crippen molar-refractivity contribution < 1.29 is 0 Å². The average molecular weight is 305 g/mol. The van der Waals surface area contributed by atoms with Gasteiger partial charge >= 0.3 is 0 Å². The minimum atomic E-state index is 0.672. The first-order chi connectivity index (χ1) is 10.2. The SMILES string of the molecule is CCCCCNc1cc(Nc2ccccc2Cl)nc(C)n1. The van der Waals surface area contributed by atoms with Crippen LogP contribution in [0, 0.1) is 6.92 Å². The van der Waals surface area contributed by atoms with Crippen molar-refractivity contribution in [2.75, 3.05) is 17.2 Å². The van der Waals surface area contributed by atoms with E-state index in [2.05, 4.69) is 27.5 Å². The summed E-state index contributed by atoms with van der Waals surface area (Å²) < 4.78 is 0. The molecule has 0 saturated heterocycles. The molecule has 2 rings (SSSR count). The van der Waals surface area contributed by atoms with Crippen molar-refractivity contribution in [1.82, 2.24) is 9.97 Å². The number of aryl methyl sites for hydroxylation is 1. The van der Waals surface area contributed by atoms with Crippen molar-refractivity contribution in [2.45, 2.75) is 33.1 Å². The standard InChI is InChI=1S/C16H21ClN4/c1-3-4-7-10-18-15-11-16(20-12(2)19-15)21-14-9-6-5-8-13(14)17/h5-6,8-9,11H,3-4,7,10H2,1-2H3,(H2,18,19,20,21). The summed E-state index contributed by atoms with van der Waals surface area (Å²) in [6, 6.07) is 9.52. The number of para-hydroxylation sites is 1. The number of anilines is 3. The van der Waals surface area contributed by atoms with E-state index in [1.165, 1.54) is 12.8 Å². The summed E-state index contributed by atoms with van der Waals surface area (Å²) in [6.45, 7) is 5.01. The molecule has 0 aliphatic heterocycles. The molecule has 1 aromatic heterocycles. The maximum Gasteiger partial charge on any atom is 0.136 e. The molecule has 5 heteroatoms. The molecule has 21 heavy (non-hydrogen) atoms. The van der Waals surface area contributed by atoms with Gasteiger partial charge in [-0.2, -0.15) is 0 Å². The minimum Gasteiger partial charge on any atom is -0.370 e. The first-order valence-corrected chi connectivity index (χ1v) is 7.68. The van der Waals surface area contributed by atoms with Gasteiger partial charge in [0.1, 0.15) is 17.5 Å². The summed E-state index contributed by atoms with van der Waals surface area (Å²) in [4.78, 5) is 8.79. The van der Waals surface area contributed by atoms with Gasteiger partial charge in [-0.05, 0) is 25.5 Å². The number of hydrogen-bond acceptors (Lipinski definition) is 4. The second-order valence-electron chi connectivity index (χ2n) is 4.92. The molecule has 2 N–H and O–H groups in total. The molecular formula is C16H21ClN4. The Morgan fingerprint density at radius 3 is 2.62 bits per heavy atom. The quantitative estimate of drug-likeness (QED) is 0.722. The molecule has 0 aliphatic carbocycles. The predicted octanol–water partition coefficient (Wildman–Crippen LogP) is 4.78. The highest BCUT2D eigenvalue weighted by Gasteiger charge is 2.04. The van der Waals surface area contributed by atoms with Gasteiger partial charge in [0, 0.05) is 12.6 Å². The van der Waals surface area contributed by atoms with Gasteiger partial charge in [0.2, 0.25) is 0 Å². The lowest BCUT2D eigenvalue weighted by Gasteiger charge is -2.11. The van der Waals surface area contributed by atoms with Crippen LogP contribution in [-0.2, 0) is 0 Å². The van der Waals surface area contributed by atoms with E-state index in [1.807, 2.05) is 37.3 Å². The fourth-order valence-corrected chi connectivity index (χ4v) is 2.20. The Kier molecular flexibility index (Phi) is 5.81. The summed E-state index contributed by atoms with van der Waals surface area (Å²) >= 11 is 6.15. The summed E-state index contributed by atoms with van der Waals surface area (Å²) in [5, 5.41) is 7.24. The monoisotopic (exact) mass is 304 g/mol. The van der Waals surface area contributed by atoms with Crippen LogP contribution in [-0.4, -0.2) is 16.5 Å². The Morgan fingerprint density at radius 1 is 1.10 bits per heavy atom. The van der Waals surface area contributed by atoms with Gasteiger partial charge in [-0.25, -0.2) is 9.97 Å². The third-order valence-electron chi connectivity index (χ3n) is 3.06. The first kappa shape index (κ1) is 15.6. The van der Waals surface area contributed by atoms with Crippen LogP contribution < -0.4 is 10.6 Å². The van der Waals surface area contributed by atoms with Crippen molar-refractivity contribution in [1.29, 1.82) is 0 Å². The smallest absolute Gasteiger partial charge is 0.136 e. The second-order valence-corrected chi connectivity index (χ2v) is 5.33. The van der Waals surface area contributed by atoms with Gasteiger partial charge in [0.25, 0.3) is 0 Å². The van der Waals surface area contributed by atoms with Gasteiger partial charge in [0.15, 0.2) is 0 Å². The van der Waals surface area contributed by atoms with Crippen LogP contribution in [0.4, 0.5) is 17.3 Å². The van der Waals surface area contributed by atoms with Crippen LogP contribution in [0.25, 0.3) is 0 Å². The normalized spacial score (nSPS) is 10.4. The molecule has 0 fully saturated rings. The first-order valence-electron chi connectivity index (χ1n) is 7.30. The van der Waals surface area contributed by atoms with Crippen molar-refractivity contribution in [3.8, 4) is 0 Å². The highest BCUT2D eigenvalue weighted by molar-refractivity contribution is 6.33. The van der Waals surface area contributed by atoms with Gasteiger partial charge < -0.3 is 10.6 Å². The molecule has 0 saturated carbocycles. The fourth-order valence-electron chi connectivity index (χ4n) is 2.01. The Morgan fingerprint density at radius 2 is 1.86 bits per heavy atom. The van der Waals surface area contributed by atoms with Gasteiger partial charge in [-0.1, -0.05) is 43.5 Å². The van der Waals surface area contributed by atoms with Crippen molar-refractivity contribution >= 4 is 28.9 Å². The molecule has 2 aromatic rings. The summed E-state index contributed by atoms with van der Waals surface area (Å²) in [6.07, 6.45) is 3.58. The number of nitrogens with zero attached hydrogens (tertiary/aromatic N) is 2. The van der Waals surface area contributed by atoms with Gasteiger partial charge in [-0.3, -0.25) is 0 Å². The largest absolute Gasteiger partial charge is 0.370 e. The highest BCUT2D eigenvalue weighted by atomic mass is 35.5. The van der Waals surface area contributed by atoms with Gasteiger partial charge in [0.05, 0.1) is 10.7 Å². The lowest BCUT2D eigenvalue weighted by atomic mass is 10.2. The predicted molar refractivity (Wildman–Crippen MR) is 89.5 cm³/mol. The number of rotatable bonds is 7. The maximum absolute atomic E-state index is 6.15. The summed E-state index contributed by atoms with van der Waals surface area (Å²) in [5.74, 6) is 2.31. The number of unbranched alkanes of at least 4 members (excludes halogenated alkanes) is 2. The van der Waals surface area contributed by atoms with Crippen molar-refractivity contribution in [3.63, 3.8) is 0 Å². The molecule has 1 heterocycles. The molecule has 1 aromatic carbocycles. The fraction of sp³-hybridized carbons (Fsp3) is 0.375. The lowest BCUT2D eigenvalue weighted by Crippen LogP contribution is -2.06. The van der Waals surface area contributed by atoms with E-state index in [4.69, 9.17) is 11.6 Å². The maximum atomic E-state index is 6.15. The molecule has 0 unspecified atom stereocenters. The molecule has 0 radical (unpaired) electrons. The number of hydrogen-bond donors (Lipinski definition) is 2. The number of halogens is 1. The Bertz CT molecular complexity index is 586. The molecule has 0 amide bonds. The van der Waals surface area contributed by atoms with Crippen LogP contribution in [0.1, 0.15) is 32.0 Å². The zero-order chi connectivity index (χ0) is 15.1. The Balaban J connectivity index is 2.06. The molecule has 0 spiro atoms. The van der Waals surface area contributed by atoms with Crippen LogP contribution in [0.2, 0.25) is 5.02 Å². The van der Waals surface area contributed by atoms with E-state index in [9.17, 15) is 0 Å². The van der Waals surface area contributed by atoms with Gasteiger partial charge in [-0.15, -0.1) is 0 Å². The van der Waals surface area contributed by atoms with Crippen LogP contribution in [0.3, 0.4) is 0 Å². The van der Waals surface area contributed by atoms with Crippen LogP contribution in [0.5, 0.6) is 0 Å². The van der Waals surface area contributed by atoms with Crippen LogP contribution >= 0.6 is 11.6 Å². The summed E-state index contributed by atoms with van der Waals surface area (Å²) in [5.41, 5.74) is 0.842. The van der Waals surface area contributed by atoms with E-state index in [-0.39, 0.29) is 0 Å². The Hall–Kier alpha value is -1.81. The lowest BCUT2D eigenvalue weighted by molar-refractivity contribution is 0.742. The zero-order valence-corrected chi connectivity index (χ0v) is 13.2. The highest BCUT2D eigenvalue weighted by Crippen LogP contribution is 2.24. The van der Waals surface area contributed by atoms with E-state index >= 15 is 0 Å². The third kappa shape index (κ3) is 4.90.